The van der Waals surface area contributed by atoms with E-state index >= 15 is 0 Å². The molecule has 1 aliphatic rings. The third-order valence-electron chi connectivity index (χ3n) is 4.69. The number of nitrogens with zero attached hydrogens (tertiary/aromatic N) is 1. The third-order valence-corrected chi connectivity index (χ3v) is 4.94. The largest absolute Gasteiger partial charge is 0.493 e. The molecule has 0 unspecified atom stereocenters. The average molecular weight is 390 g/mol. The molecule has 0 saturated carbocycles. The van der Waals surface area contributed by atoms with Crippen LogP contribution < -0.4 is 14.2 Å². The molecule has 5 nitrogen and oxygen atoms in total. The van der Waals surface area contributed by atoms with Crippen molar-refractivity contribution in [3.05, 3.63) is 53.6 Å². The summed E-state index contributed by atoms with van der Waals surface area (Å²) in [5.74, 6) is 2.48. The Morgan fingerprint density at radius 3 is 2.37 bits per heavy atom. The summed E-state index contributed by atoms with van der Waals surface area (Å²) in [5, 5.41) is 0.699. The van der Waals surface area contributed by atoms with Crippen molar-refractivity contribution in [2.45, 2.75) is 12.8 Å². The molecule has 1 fully saturated rings. The fourth-order valence-electron chi connectivity index (χ4n) is 3.06. The van der Waals surface area contributed by atoms with Crippen LogP contribution in [0.2, 0.25) is 5.02 Å². The normalized spacial score (nSPS) is 14.7. The van der Waals surface area contributed by atoms with Crippen LogP contribution in [0.1, 0.15) is 12.8 Å². The number of benzene rings is 2. The zero-order valence-electron chi connectivity index (χ0n) is 15.4. The summed E-state index contributed by atoms with van der Waals surface area (Å²) in [6, 6.07) is 14.7. The van der Waals surface area contributed by atoms with Gasteiger partial charge in [0.05, 0.1) is 13.7 Å². The number of carbonyl (C=O) groups is 1. The van der Waals surface area contributed by atoms with Gasteiger partial charge >= 0.3 is 0 Å². The van der Waals surface area contributed by atoms with Crippen molar-refractivity contribution in [3.8, 4) is 17.2 Å². The average Bonchev–Trinajstić information content (AvgIpc) is 2.72. The van der Waals surface area contributed by atoms with E-state index in [1.165, 1.54) is 0 Å². The van der Waals surface area contributed by atoms with Gasteiger partial charge in [-0.3, -0.25) is 4.79 Å². The van der Waals surface area contributed by atoms with Crippen LogP contribution in [0.15, 0.2) is 48.5 Å². The van der Waals surface area contributed by atoms with E-state index in [-0.39, 0.29) is 12.5 Å². The van der Waals surface area contributed by atoms with Crippen molar-refractivity contribution < 1.29 is 19.0 Å². The topological polar surface area (TPSA) is 48.0 Å². The summed E-state index contributed by atoms with van der Waals surface area (Å²) in [6.45, 7) is 2.12. The van der Waals surface area contributed by atoms with E-state index in [1.54, 1.807) is 13.2 Å². The first-order valence-corrected chi connectivity index (χ1v) is 9.45. The fraction of sp³-hybridized carbons (Fsp3) is 0.381. The molecular formula is C21H24ClNO4. The molecule has 0 spiro atoms. The lowest BCUT2D eigenvalue weighted by atomic mass is 9.98. The first-order valence-electron chi connectivity index (χ1n) is 9.07. The number of likely N-dealkylation sites (tertiary alicyclic amines) is 1. The standard InChI is InChI=1S/C21H24ClNO4/c1-25-19-4-2-3-5-20(19)27-15-21(24)23-12-10-16(11-13-23)14-26-18-8-6-17(22)7-9-18/h2-9,16H,10-15H2,1H3. The van der Waals surface area contributed by atoms with Gasteiger partial charge in [0.2, 0.25) is 0 Å². The molecule has 1 saturated heterocycles. The highest BCUT2D eigenvalue weighted by molar-refractivity contribution is 6.30. The van der Waals surface area contributed by atoms with Crippen molar-refractivity contribution >= 4 is 17.5 Å². The number of para-hydroxylation sites is 2. The predicted octanol–water partition coefficient (Wildman–Crippen LogP) is 4.05. The van der Waals surface area contributed by atoms with E-state index in [0.717, 1.165) is 31.7 Å². The number of halogens is 1. The molecule has 0 radical (unpaired) electrons. The Balaban J connectivity index is 1.40. The zero-order valence-corrected chi connectivity index (χ0v) is 16.2. The summed E-state index contributed by atoms with van der Waals surface area (Å²) in [6.07, 6.45) is 1.85. The maximum Gasteiger partial charge on any atom is 0.260 e. The molecule has 0 N–H and O–H groups in total. The van der Waals surface area contributed by atoms with Crippen LogP contribution in [-0.2, 0) is 4.79 Å². The lowest BCUT2D eigenvalue weighted by Gasteiger charge is -2.31. The van der Waals surface area contributed by atoms with Gasteiger partial charge < -0.3 is 19.1 Å². The van der Waals surface area contributed by atoms with Gasteiger partial charge in [-0.25, -0.2) is 0 Å². The Hall–Kier alpha value is -2.40. The first kappa shape index (κ1) is 19.4. The molecule has 0 aliphatic carbocycles. The molecule has 2 aromatic carbocycles. The number of piperidine rings is 1. The van der Waals surface area contributed by atoms with Gasteiger partial charge in [0.25, 0.3) is 5.91 Å². The van der Waals surface area contributed by atoms with Crippen molar-refractivity contribution in [1.82, 2.24) is 4.90 Å². The van der Waals surface area contributed by atoms with Crippen LogP contribution in [0, 0.1) is 5.92 Å². The van der Waals surface area contributed by atoms with Gasteiger partial charge in [-0.2, -0.15) is 0 Å². The van der Waals surface area contributed by atoms with Gasteiger partial charge in [0.1, 0.15) is 5.75 Å². The number of hydrogen-bond acceptors (Lipinski definition) is 4. The van der Waals surface area contributed by atoms with Gasteiger partial charge in [-0.15, -0.1) is 0 Å². The number of amides is 1. The minimum absolute atomic E-state index is 0.00187. The number of ether oxygens (including phenoxy) is 3. The van der Waals surface area contributed by atoms with Gasteiger partial charge in [-0.1, -0.05) is 23.7 Å². The Bertz CT molecular complexity index is 742. The molecule has 27 heavy (non-hydrogen) atoms. The van der Waals surface area contributed by atoms with E-state index in [0.29, 0.717) is 29.0 Å². The Morgan fingerprint density at radius 1 is 1.04 bits per heavy atom. The van der Waals surface area contributed by atoms with Crippen LogP contribution in [0.4, 0.5) is 0 Å². The summed E-state index contributed by atoms with van der Waals surface area (Å²) in [4.78, 5) is 14.3. The smallest absolute Gasteiger partial charge is 0.260 e. The molecule has 144 valence electrons. The fourth-order valence-corrected chi connectivity index (χ4v) is 3.19. The highest BCUT2D eigenvalue weighted by atomic mass is 35.5. The summed E-state index contributed by atoms with van der Waals surface area (Å²) in [7, 11) is 1.58. The predicted molar refractivity (Wildman–Crippen MR) is 105 cm³/mol. The van der Waals surface area contributed by atoms with Crippen LogP contribution >= 0.6 is 11.6 Å². The highest BCUT2D eigenvalue weighted by Crippen LogP contribution is 2.26. The summed E-state index contributed by atoms with van der Waals surface area (Å²) in [5.41, 5.74) is 0. The molecule has 0 aromatic heterocycles. The van der Waals surface area contributed by atoms with Gasteiger partial charge in [0.15, 0.2) is 18.1 Å². The molecule has 3 rings (SSSR count). The Morgan fingerprint density at radius 2 is 1.70 bits per heavy atom. The van der Waals surface area contributed by atoms with Crippen molar-refractivity contribution in [2.24, 2.45) is 5.92 Å². The molecule has 2 aromatic rings. The second kappa shape index (κ2) is 9.51. The SMILES string of the molecule is COc1ccccc1OCC(=O)N1CCC(COc2ccc(Cl)cc2)CC1. The highest BCUT2D eigenvalue weighted by Gasteiger charge is 2.23. The number of methoxy groups -OCH3 is 1. The second-order valence-corrected chi connectivity index (χ2v) is 6.97. The van der Waals surface area contributed by atoms with Crippen LogP contribution in [-0.4, -0.2) is 44.2 Å². The maximum absolute atomic E-state index is 12.4. The second-order valence-electron chi connectivity index (χ2n) is 6.53. The van der Waals surface area contributed by atoms with Crippen LogP contribution in [0.3, 0.4) is 0 Å². The van der Waals surface area contributed by atoms with Gasteiger partial charge in [-0.05, 0) is 55.2 Å². The quantitative estimate of drug-likeness (QED) is 0.716. The zero-order chi connectivity index (χ0) is 19.1. The molecule has 0 atom stereocenters. The van der Waals surface area contributed by atoms with Gasteiger partial charge in [0, 0.05) is 18.1 Å². The third kappa shape index (κ3) is 5.54. The van der Waals surface area contributed by atoms with Crippen molar-refractivity contribution in [1.29, 1.82) is 0 Å². The first-order chi connectivity index (χ1) is 13.2. The molecule has 1 heterocycles. The lowest BCUT2D eigenvalue weighted by molar-refractivity contribution is -0.134. The van der Waals surface area contributed by atoms with Crippen molar-refractivity contribution in [2.75, 3.05) is 33.4 Å². The molecular weight excluding hydrogens is 366 g/mol. The number of rotatable bonds is 7. The van der Waals surface area contributed by atoms with E-state index in [4.69, 9.17) is 25.8 Å². The molecule has 1 amide bonds. The van der Waals surface area contributed by atoms with E-state index in [9.17, 15) is 4.79 Å². The monoisotopic (exact) mass is 389 g/mol. The number of carbonyl (C=O) groups excluding carboxylic acids is 1. The summed E-state index contributed by atoms with van der Waals surface area (Å²) < 4.78 is 16.7. The van der Waals surface area contributed by atoms with Crippen molar-refractivity contribution in [3.63, 3.8) is 0 Å². The number of hydrogen-bond donors (Lipinski definition) is 0. The van der Waals surface area contributed by atoms with Crippen LogP contribution in [0.5, 0.6) is 17.2 Å². The van der Waals surface area contributed by atoms with E-state index < -0.39 is 0 Å². The molecule has 1 aliphatic heterocycles. The molecule has 6 heteroatoms. The summed E-state index contributed by atoms with van der Waals surface area (Å²) >= 11 is 5.88. The minimum Gasteiger partial charge on any atom is -0.493 e. The Labute approximate surface area is 164 Å². The molecule has 0 bridgehead atoms. The van der Waals surface area contributed by atoms with E-state index in [2.05, 4.69) is 0 Å². The van der Waals surface area contributed by atoms with E-state index in [1.807, 2.05) is 47.4 Å². The van der Waals surface area contributed by atoms with Crippen LogP contribution in [0.25, 0.3) is 0 Å². The lowest BCUT2D eigenvalue weighted by Crippen LogP contribution is -2.42. The Kier molecular flexibility index (Phi) is 6.82. The maximum atomic E-state index is 12.4. The minimum atomic E-state index is -0.00187.